The molecule has 1 aromatic heterocycles. The van der Waals surface area contributed by atoms with Crippen molar-refractivity contribution >= 4 is 0 Å². The largest absolute Gasteiger partial charge is 0.212 e. The first kappa shape index (κ1) is 14.0. The van der Waals surface area contributed by atoms with Crippen LogP contribution in [-0.4, -0.2) is 0 Å². The van der Waals surface area contributed by atoms with Crippen molar-refractivity contribution in [2.24, 2.45) is 13.0 Å². The average molecular weight is 298 g/mol. The number of aromatic nitrogens is 1. The molecule has 0 bridgehead atoms. The molecule has 0 aliphatic heterocycles. The number of pyridine rings is 1. The molecular weight excluding hydrogens is 266 g/mol. The van der Waals surface area contributed by atoms with Crippen LogP contribution in [0.4, 0.5) is 0 Å². The second kappa shape index (κ2) is 6.24. The predicted molar refractivity (Wildman–Crippen MR) is 95.0 cm³/mol. The van der Waals surface area contributed by atoms with Crippen molar-refractivity contribution in [1.82, 2.24) is 0 Å². The summed E-state index contributed by atoms with van der Waals surface area (Å²) in [6.45, 7) is 12.6. The Bertz CT molecular complexity index is 740. The fourth-order valence-corrected chi connectivity index (χ4v) is 2.67. The van der Waals surface area contributed by atoms with Crippen LogP contribution >= 0.6 is 0 Å². The minimum atomic E-state index is -1.32. The topological polar surface area (TPSA) is 3.88 Å². The highest BCUT2D eigenvalue weighted by Gasteiger charge is 2.19. The maximum Gasteiger partial charge on any atom is 0.212 e. The Morgan fingerprint density at radius 2 is 1.82 bits per heavy atom. The van der Waals surface area contributed by atoms with Gasteiger partial charge in [0.15, 0.2) is 6.20 Å². The number of aryl methyl sites for hydroxylation is 2. The van der Waals surface area contributed by atoms with Crippen molar-refractivity contribution in [3.05, 3.63) is 53.2 Å². The molecule has 0 fully saturated rings. The number of nitrogens with zero attached hydrogens (tertiary/aromatic N) is 1. The smallest absolute Gasteiger partial charge is 0.201 e. The van der Waals surface area contributed by atoms with Gasteiger partial charge in [0.1, 0.15) is 7.05 Å². The summed E-state index contributed by atoms with van der Waals surface area (Å²) in [5, 5.41) is 0. The first-order valence-electron chi connectivity index (χ1n) is 9.06. The van der Waals surface area contributed by atoms with Crippen molar-refractivity contribution in [3.8, 4) is 11.3 Å². The molecule has 2 aromatic rings. The molecule has 1 heteroatoms. The summed E-state index contributed by atoms with van der Waals surface area (Å²) in [6, 6.07) is 10.6. The lowest BCUT2D eigenvalue weighted by Gasteiger charge is -2.20. The molecule has 1 nitrogen and oxygen atoms in total. The van der Waals surface area contributed by atoms with Crippen LogP contribution in [0.2, 0.25) is 0 Å². The first-order chi connectivity index (χ1) is 10.9. The third-order valence-electron chi connectivity index (χ3n) is 3.97. The summed E-state index contributed by atoms with van der Waals surface area (Å²) >= 11 is 0. The maximum absolute atomic E-state index is 8.31. The highest BCUT2D eigenvalue weighted by atomic mass is 14.9. The Morgan fingerprint density at radius 1 is 1.14 bits per heavy atom. The summed E-state index contributed by atoms with van der Waals surface area (Å²) in [5.41, 5.74) is 5.70. The SMILES string of the molecule is [2H]C([2H])(c1ccc(-c2cc(C(C)(C)C)ccc2C)[n+](C)c1)C(C)C. The molecule has 22 heavy (non-hydrogen) atoms. The third kappa shape index (κ3) is 3.76. The second-order valence-corrected chi connectivity index (χ2v) is 7.49. The fraction of sp³-hybridized carbons (Fsp3) is 0.476. The van der Waals surface area contributed by atoms with Crippen molar-refractivity contribution < 1.29 is 7.31 Å². The Hall–Kier alpha value is -1.63. The van der Waals surface area contributed by atoms with Crippen LogP contribution < -0.4 is 4.57 Å². The molecule has 0 amide bonds. The predicted octanol–water partition coefficient (Wildman–Crippen LogP) is 4.98. The van der Waals surface area contributed by atoms with Crippen LogP contribution in [0.3, 0.4) is 0 Å². The molecule has 1 aromatic carbocycles. The molecular formula is C21H30N+. The number of hydrogen-bond acceptors (Lipinski definition) is 0. The zero-order valence-electron chi connectivity index (χ0n) is 17.0. The molecule has 0 saturated carbocycles. The van der Waals surface area contributed by atoms with Gasteiger partial charge in [-0.3, -0.25) is 0 Å². The van der Waals surface area contributed by atoms with Gasteiger partial charge in [-0.1, -0.05) is 46.8 Å². The molecule has 118 valence electrons. The lowest BCUT2D eigenvalue weighted by atomic mass is 9.85. The van der Waals surface area contributed by atoms with Crippen LogP contribution in [0.15, 0.2) is 36.5 Å². The molecule has 0 saturated heterocycles. The minimum Gasteiger partial charge on any atom is -0.201 e. The van der Waals surface area contributed by atoms with E-state index in [1.807, 2.05) is 43.8 Å². The molecule has 0 spiro atoms. The van der Waals surface area contributed by atoms with E-state index in [1.54, 1.807) is 0 Å². The molecule has 0 aliphatic rings. The van der Waals surface area contributed by atoms with Crippen LogP contribution in [0.5, 0.6) is 0 Å². The van der Waals surface area contributed by atoms with E-state index >= 15 is 0 Å². The Balaban J connectivity index is 2.55. The van der Waals surface area contributed by atoms with Crippen LogP contribution in [0.25, 0.3) is 11.3 Å². The van der Waals surface area contributed by atoms with Crippen LogP contribution in [0, 0.1) is 12.8 Å². The molecule has 1 heterocycles. The van der Waals surface area contributed by atoms with Crippen molar-refractivity contribution in [2.75, 3.05) is 0 Å². The van der Waals surface area contributed by atoms with E-state index in [4.69, 9.17) is 2.74 Å². The van der Waals surface area contributed by atoms with E-state index in [-0.39, 0.29) is 11.3 Å². The number of rotatable bonds is 3. The van der Waals surface area contributed by atoms with Crippen LogP contribution in [-0.2, 0) is 18.8 Å². The first-order valence-corrected chi connectivity index (χ1v) is 8.06. The number of hydrogen-bond donors (Lipinski definition) is 0. The summed E-state index contributed by atoms with van der Waals surface area (Å²) in [6.07, 6.45) is 0.608. The molecule has 0 atom stereocenters. The quantitative estimate of drug-likeness (QED) is 0.703. The van der Waals surface area contributed by atoms with Gasteiger partial charge < -0.3 is 0 Å². The zero-order valence-corrected chi connectivity index (χ0v) is 15.0. The van der Waals surface area contributed by atoms with Crippen LogP contribution in [0.1, 0.15) is 54.1 Å². The van der Waals surface area contributed by atoms with E-state index in [2.05, 4.69) is 45.9 Å². The van der Waals surface area contributed by atoms with Crippen molar-refractivity contribution in [3.63, 3.8) is 0 Å². The highest BCUT2D eigenvalue weighted by molar-refractivity contribution is 5.62. The maximum atomic E-state index is 8.31. The van der Waals surface area contributed by atoms with Gasteiger partial charge >= 0.3 is 0 Å². The van der Waals surface area contributed by atoms with Crippen molar-refractivity contribution in [2.45, 2.75) is 53.3 Å². The van der Waals surface area contributed by atoms with Crippen molar-refractivity contribution in [1.29, 1.82) is 0 Å². The Morgan fingerprint density at radius 3 is 2.36 bits per heavy atom. The van der Waals surface area contributed by atoms with Gasteiger partial charge in [-0.2, -0.15) is 0 Å². The molecule has 0 N–H and O–H groups in total. The van der Waals surface area contributed by atoms with E-state index < -0.39 is 6.37 Å². The summed E-state index contributed by atoms with van der Waals surface area (Å²) in [7, 11) is 2.00. The second-order valence-electron chi connectivity index (χ2n) is 7.49. The zero-order chi connectivity index (χ0) is 18.3. The van der Waals surface area contributed by atoms with Gasteiger partial charge in [-0.25, -0.2) is 4.57 Å². The number of benzene rings is 1. The van der Waals surface area contributed by atoms with Gasteiger partial charge in [-0.15, -0.1) is 0 Å². The lowest BCUT2D eigenvalue weighted by molar-refractivity contribution is -0.660. The van der Waals surface area contributed by atoms with Gasteiger partial charge in [-0.05, 0) is 47.9 Å². The normalized spacial score (nSPS) is 14.0. The van der Waals surface area contributed by atoms with Gasteiger partial charge in [0, 0.05) is 19.9 Å². The summed E-state index contributed by atoms with van der Waals surface area (Å²) in [5.74, 6) is -0.0608. The standard InChI is InChI=1S/C21H30N/c1-15(2)12-17-9-11-20(22(7)14-17)19-13-18(21(4,5)6)10-8-16(19)3/h8-11,13-15H,12H2,1-7H3/q+1/i12D2. The molecule has 0 aliphatic carbocycles. The molecule has 0 radical (unpaired) electrons. The minimum absolute atomic E-state index is 0.0608. The van der Waals surface area contributed by atoms with E-state index in [1.165, 1.54) is 16.7 Å². The Labute approximate surface area is 138 Å². The van der Waals surface area contributed by atoms with Gasteiger partial charge in [0.2, 0.25) is 5.69 Å². The van der Waals surface area contributed by atoms with E-state index in [0.717, 1.165) is 11.3 Å². The highest BCUT2D eigenvalue weighted by Crippen LogP contribution is 2.29. The Kier molecular flexibility index (Phi) is 3.97. The van der Waals surface area contributed by atoms with Gasteiger partial charge in [0.05, 0.1) is 0 Å². The molecule has 2 rings (SSSR count). The molecule has 0 unspecified atom stereocenters. The fourth-order valence-electron chi connectivity index (χ4n) is 2.67. The lowest BCUT2D eigenvalue weighted by Crippen LogP contribution is -2.31. The van der Waals surface area contributed by atoms with E-state index in [0.29, 0.717) is 0 Å². The summed E-state index contributed by atoms with van der Waals surface area (Å²) < 4.78 is 18.7. The average Bonchev–Trinajstić information content (AvgIpc) is 2.46. The summed E-state index contributed by atoms with van der Waals surface area (Å²) in [4.78, 5) is 0. The third-order valence-corrected chi connectivity index (χ3v) is 3.97. The monoisotopic (exact) mass is 298 g/mol. The van der Waals surface area contributed by atoms with E-state index in [9.17, 15) is 0 Å². The van der Waals surface area contributed by atoms with Gasteiger partial charge in [0.25, 0.3) is 0 Å².